The minimum atomic E-state index is -0.285. The average Bonchev–Trinajstić information content (AvgIpc) is 1.89. The van der Waals surface area contributed by atoms with E-state index in [1.807, 2.05) is 0 Å². The fourth-order valence-corrected chi connectivity index (χ4v) is 0.498. The highest BCUT2D eigenvalue weighted by atomic mass is 19.1. The largest absolute Gasteiger partial charge is 0.207 e. The van der Waals surface area contributed by atoms with Crippen LogP contribution >= 0.6 is 0 Å². The van der Waals surface area contributed by atoms with E-state index in [2.05, 4.69) is 0 Å². The lowest BCUT2D eigenvalue weighted by molar-refractivity contribution is 0.618. The smallest absolute Gasteiger partial charge is 0.126 e. The molecule has 0 nitrogen and oxygen atoms in total. The molecule has 0 radical (unpaired) electrons. The second-order valence-corrected chi connectivity index (χ2v) is 1.59. The molecule has 0 aliphatic heterocycles. The second kappa shape index (κ2) is 1.95. The summed E-state index contributed by atoms with van der Waals surface area (Å²) in [5.41, 5.74) is 0.456. The van der Waals surface area contributed by atoms with Gasteiger partial charge in [0.25, 0.3) is 0 Å². The van der Waals surface area contributed by atoms with E-state index in [0.29, 0.717) is 5.56 Å². The van der Waals surface area contributed by atoms with Crippen LogP contribution in [-0.4, -0.2) is 0 Å². The molecule has 0 saturated carbocycles. The van der Waals surface area contributed by atoms with Crippen LogP contribution < -0.4 is 0 Å². The molecule has 0 saturated heterocycles. The zero-order chi connectivity index (χ0) is 6.69. The Morgan fingerprint density at radius 1 is 1.50 bits per heavy atom. The van der Waals surface area contributed by atoms with Crippen molar-refractivity contribution in [3.63, 3.8) is 0 Å². The molecule has 0 aromatic heterocycles. The molecular weight excluding hydrogens is 103 g/mol. The van der Waals surface area contributed by atoms with Crippen LogP contribution in [0.15, 0.2) is 24.3 Å². The second-order valence-electron chi connectivity index (χ2n) is 1.59. The lowest BCUT2D eigenvalue weighted by atomic mass is 10.2. The molecule has 0 unspecified atom stereocenters. The Labute approximate surface area is 49.4 Å². The van der Waals surface area contributed by atoms with Gasteiger partial charge in [-0.1, -0.05) is 18.2 Å². The van der Waals surface area contributed by atoms with Gasteiger partial charge in [0.05, 0.1) is 0 Å². The number of benzene rings is 1. The van der Waals surface area contributed by atoms with Crippen molar-refractivity contribution in [1.82, 2.24) is 0 Å². The average molecular weight is 112 g/mol. The van der Waals surface area contributed by atoms with Crippen LogP contribution in [0.3, 0.4) is 0 Å². The number of hydrogen-bond acceptors (Lipinski definition) is 0. The lowest BCUT2D eigenvalue weighted by Crippen LogP contribution is -1.76. The van der Waals surface area contributed by atoms with Gasteiger partial charge in [-0.3, -0.25) is 0 Å². The third kappa shape index (κ3) is 0.861. The van der Waals surface area contributed by atoms with E-state index in [9.17, 15) is 4.39 Å². The van der Waals surface area contributed by atoms with Crippen molar-refractivity contribution in [2.75, 3.05) is 0 Å². The van der Waals surface area contributed by atoms with E-state index in [1.165, 1.54) is 6.07 Å². The summed E-state index contributed by atoms with van der Waals surface area (Å²) in [4.78, 5) is 0. The molecule has 0 N–H and O–H groups in total. The van der Waals surface area contributed by atoms with Gasteiger partial charge in [0.1, 0.15) is 5.82 Å². The van der Waals surface area contributed by atoms with Gasteiger partial charge < -0.3 is 0 Å². The van der Waals surface area contributed by atoms with Crippen LogP contribution in [-0.2, 0) is 0 Å². The zero-order valence-corrected chi connectivity index (χ0v) is 4.39. The first-order chi connectivity index (χ1) is 4.34. The van der Waals surface area contributed by atoms with E-state index >= 15 is 0 Å². The maximum Gasteiger partial charge on any atom is 0.126 e. The quantitative estimate of drug-likeness (QED) is 0.482. The summed E-state index contributed by atoms with van der Waals surface area (Å²) in [6, 6.07) is 6.33. The van der Waals surface area contributed by atoms with E-state index in [4.69, 9.17) is 1.37 Å². The Kier molecular flexibility index (Phi) is 0.992. The molecule has 1 aromatic rings. The van der Waals surface area contributed by atoms with E-state index < -0.39 is 0 Å². The molecule has 1 heteroatoms. The minimum absolute atomic E-state index is 0.0205. The van der Waals surface area contributed by atoms with Crippen LogP contribution in [0.5, 0.6) is 0 Å². The molecular formula is C7H7F. The van der Waals surface area contributed by atoms with Gasteiger partial charge in [-0.2, -0.15) is 0 Å². The topological polar surface area (TPSA) is 0 Å². The van der Waals surface area contributed by atoms with Crippen molar-refractivity contribution < 1.29 is 5.76 Å². The van der Waals surface area contributed by atoms with Gasteiger partial charge in [0, 0.05) is 1.37 Å². The maximum absolute atomic E-state index is 12.5. The first kappa shape index (κ1) is 4.07. The number of rotatable bonds is 0. The predicted octanol–water partition coefficient (Wildman–Crippen LogP) is 2.13. The Hall–Kier alpha value is -0.850. The van der Waals surface area contributed by atoms with Crippen molar-refractivity contribution in [2.24, 2.45) is 0 Å². The number of aryl methyl sites for hydroxylation is 1. The summed E-state index contributed by atoms with van der Waals surface area (Å²) in [6.45, 7) is 0.0205. The van der Waals surface area contributed by atoms with Gasteiger partial charge in [-0.15, -0.1) is 0 Å². The molecule has 0 bridgehead atoms. The predicted molar refractivity (Wildman–Crippen MR) is 31.1 cm³/mol. The van der Waals surface area contributed by atoms with Crippen LogP contribution in [0.25, 0.3) is 0 Å². The first-order valence-corrected chi connectivity index (χ1v) is 2.37. The van der Waals surface area contributed by atoms with Crippen molar-refractivity contribution in [1.29, 1.82) is 0 Å². The van der Waals surface area contributed by atoms with E-state index in [0.717, 1.165) is 0 Å². The fraction of sp³-hybridized carbons (Fsp3) is 0.143. The van der Waals surface area contributed by atoms with Gasteiger partial charge in [-0.25, -0.2) is 4.39 Å². The van der Waals surface area contributed by atoms with Crippen molar-refractivity contribution in [2.45, 2.75) is 6.90 Å². The Morgan fingerprint density at radius 2 is 2.25 bits per heavy atom. The summed E-state index contributed by atoms with van der Waals surface area (Å²) >= 11 is 0. The molecule has 0 heterocycles. The molecule has 42 valence electrons. The highest BCUT2D eigenvalue weighted by Crippen LogP contribution is 2.01. The highest BCUT2D eigenvalue weighted by Gasteiger charge is 1.88. The van der Waals surface area contributed by atoms with Crippen molar-refractivity contribution in [3.05, 3.63) is 35.6 Å². The molecule has 0 amide bonds. The SMILES string of the molecule is [3H]Cc1ccccc1F. The molecule has 0 aliphatic carbocycles. The van der Waals surface area contributed by atoms with Crippen molar-refractivity contribution in [3.8, 4) is 0 Å². The molecule has 1 rings (SSSR count). The van der Waals surface area contributed by atoms with E-state index in [-0.39, 0.29) is 12.7 Å². The van der Waals surface area contributed by atoms with E-state index in [1.54, 1.807) is 18.2 Å². The van der Waals surface area contributed by atoms with Gasteiger partial charge in [0.15, 0.2) is 0 Å². The Balaban J connectivity index is 3.01. The van der Waals surface area contributed by atoms with Gasteiger partial charge in [-0.05, 0) is 18.5 Å². The minimum Gasteiger partial charge on any atom is -0.207 e. The molecule has 0 fully saturated rings. The summed E-state index contributed by atoms with van der Waals surface area (Å²) < 4.78 is 19.3. The number of halogens is 1. The van der Waals surface area contributed by atoms with Gasteiger partial charge >= 0.3 is 0 Å². The fourth-order valence-electron chi connectivity index (χ4n) is 0.498. The normalized spacial score (nSPS) is 10.9. The molecule has 1 aromatic carbocycles. The monoisotopic (exact) mass is 112 g/mol. The third-order valence-corrected chi connectivity index (χ3v) is 0.958. The summed E-state index contributed by atoms with van der Waals surface area (Å²) in [7, 11) is 0. The third-order valence-electron chi connectivity index (χ3n) is 0.958. The van der Waals surface area contributed by atoms with Crippen LogP contribution in [0.1, 0.15) is 6.93 Å². The van der Waals surface area contributed by atoms with Crippen LogP contribution in [0.2, 0.25) is 0 Å². The van der Waals surface area contributed by atoms with Crippen LogP contribution in [0.4, 0.5) is 4.39 Å². The maximum atomic E-state index is 12.5. The molecule has 0 spiro atoms. The van der Waals surface area contributed by atoms with Gasteiger partial charge in [0.2, 0.25) is 0 Å². The number of hydrogen-bond donors (Lipinski definition) is 0. The molecule has 0 atom stereocenters. The highest BCUT2D eigenvalue weighted by molar-refractivity contribution is 5.14. The first-order valence-electron chi connectivity index (χ1n) is 3.08. The summed E-state index contributed by atoms with van der Waals surface area (Å²) in [6.07, 6.45) is 0. The standard InChI is InChI=1S/C7H7F/c1-6-4-2-3-5-7(6)8/h2-5H,1H3/i1T. The summed E-state index contributed by atoms with van der Waals surface area (Å²) in [5.74, 6) is -0.285. The Bertz CT molecular complexity index is 198. The molecule has 8 heavy (non-hydrogen) atoms. The summed E-state index contributed by atoms with van der Waals surface area (Å²) in [5, 5.41) is 0. The van der Waals surface area contributed by atoms with Crippen molar-refractivity contribution >= 4 is 0 Å². The molecule has 0 aliphatic rings. The van der Waals surface area contributed by atoms with Crippen LogP contribution in [0, 0.1) is 12.7 Å². The zero-order valence-electron chi connectivity index (χ0n) is 5.39. The lowest BCUT2D eigenvalue weighted by Gasteiger charge is -1.89. The Morgan fingerprint density at radius 3 is 2.75 bits per heavy atom.